The minimum Gasteiger partial charge on any atom is -0.389 e. The maximum absolute atomic E-state index is 9.39. The molecular formula is C12H22O. The number of hydrogen-bond acceptors (Lipinski definition) is 1. The lowest BCUT2D eigenvalue weighted by Crippen LogP contribution is -2.24. The summed E-state index contributed by atoms with van der Waals surface area (Å²) in [4.78, 5) is 0. The lowest BCUT2D eigenvalue weighted by atomic mass is 9.72. The summed E-state index contributed by atoms with van der Waals surface area (Å²) in [7, 11) is 0. The van der Waals surface area contributed by atoms with E-state index < -0.39 is 0 Å². The molecule has 1 aliphatic rings. The molecule has 13 heavy (non-hydrogen) atoms. The average Bonchev–Trinajstić information content (AvgIpc) is 2.11. The minimum absolute atomic E-state index is 0.179. The van der Waals surface area contributed by atoms with Gasteiger partial charge < -0.3 is 5.11 Å². The normalized spacial score (nSPS) is 26.2. The van der Waals surface area contributed by atoms with Gasteiger partial charge in [-0.15, -0.1) is 0 Å². The Balaban J connectivity index is 2.62. The number of aliphatic hydroxyl groups excluding tert-OH is 1. The van der Waals surface area contributed by atoms with Crippen LogP contribution in [0.25, 0.3) is 0 Å². The van der Waals surface area contributed by atoms with Crippen LogP contribution < -0.4 is 0 Å². The fourth-order valence-corrected chi connectivity index (χ4v) is 2.47. The van der Waals surface area contributed by atoms with Gasteiger partial charge >= 0.3 is 0 Å². The smallest absolute Gasteiger partial charge is 0.0721 e. The van der Waals surface area contributed by atoms with Gasteiger partial charge in [0, 0.05) is 0 Å². The molecule has 0 radical (unpaired) electrons. The summed E-state index contributed by atoms with van der Waals surface area (Å²) in [6.07, 6.45) is 11.3. The SMILES string of the molecule is CCCC1(CCC)C=CC(O)CC1. The average molecular weight is 182 g/mol. The largest absolute Gasteiger partial charge is 0.389 e. The molecule has 1 atom stereocenters. The summed E-state index contributed by atoms with van der Waals surface area (Å²) in [6, 6.07) is 0. The molecule has 0 saturated carbocycles. The highest BCUT2D eigenvalue weighted by atomic mass is 16.3. The van der Waals surface area contributed by atoms with Crippen molar-refractivity contribution in [3.63, 3.8) is 0 Å². The monoisotopic (exact) mass is 182 g/mol. The minimum atomic E-state index is -0.179. The Hall–Kier alpha value is -0.300. The topological polar surface area (TPSA) is 20.2 Å². The first-order chi connectivity index (χ1) is 6.22. The van der Waals surface area contributed by atoms with Crippen molar-refractivity contribution in [2.45, 2.75) is 58.5 Å². The predicted molar refractivity (Wildman–Crippen MR) is 56.6 cm³/mol. The molecular weight excluding hydrogens is 160 g/mol. The van der Waals surface area contributed by atoms with Gasteiger partial charge in [-0.25, -0.2) is 0 Å². The van der Waals surface area contributed by atoms with Crippen LogP contribution in [0, 0.1) is 5.41 Å². The van der Waals surface area contributed by atoms with E-state index in [1.807, 2.05) is 6.08 Å². The fraction of sp³-hybridized carbons (Fsp3) is 0.833. The van der Waals surface area contributed by atoms with Crippen molar-refractivity contribution in [3.8, 4) is 0 Å². The van der Waals surface area contributed by atoms with Crippen molar-refractivity contribution in [3.05, 3.63) is 12.2 Å². The molecule has 0 heterocycles. The van der Waals surface area contributed by atoms with E-state index in [9.17, 15) is 5.11 Å². The highest BCUT2D eigenvalue weighted by molar-refractivity contribution is 5.06. The van der Waals surface area contributed by atoms with Gasteiger partial charge in [0.25, 0.3) is 0 Å². The van der Waals surface area contributed by atoms with Gasteiger partial charge in [-0.2, -0.15) is 0 Å². The van der Waals surface area contributed by atoms with E-state index in [1.165, 1.54) is 32.1 Å². The summed E-state index contributed by atoms with van der Waals surface area (Å²) in [5.74, 6) is 0. The highest BCUT2D eigenvalue weighted by Crippen LogP contribution is 2.39. The predicted octanol–water partition coefficient (Wildman–Crippen LogP) is 3.28. The Morgan fingerprint density at radius 1 is 1.31 bits per heavy atom. The van der Waals surface area contributed by atoms with Crippen LogP contribution in [0.1, 0.15) is 52.4 Å². The van der Waals surface area contributed by atoms with Crippen LogP contribution >= 0.6 is 0 Å². The molecule has 1 nitrogen and oxygen atoms in total. The zero-order chi connectivity index (χ0) is 9.73. The number of rotatable bonds is 4. The molecule has 1 N–H and O–H groups in total. The number of hydrogen-bond donors (Lipinski definition) is 1. The van der Waals surface area contributed by atoms with Crippen LogP contribution in [0.15, 0.2) is 12.2 Å². The quantitative estimate of drug-likeness (QED) is 0.661. The van der Waals surface area contributed by atoms with Crippen molar-refractivity contribution in [2.75, 3.05) is 0 Å². The first-order valence-corrected chi connectivity index (χ1v) is 5.60. The molecule has 1 rings (SSSR count). The molecule has 0 aliphatic heterocycles. The maximum Gasteiger partial charge on any atom is 0.0721 e. The van der Waals surface area contributed by atoms with Gasteiger partial charge in [0.05, 0.1) is 6.10 Å². The first kappa shape index (κ1) is 10.8. The molecule has 76 valence electrons. The van der Waals surface area contributed by atoms with Gasteiger partial charge in [-0.05, 0) is 31.1 Å². The van der Waals surface area contributed by atoms with E-state index in [4.69, 9.17) is 0 Å². The van der Waals surface area contributed by atoms with Crippen molar-refractivity contribution in [1.82, 2.24) is 0 Å². The lowest BCUT2D eigenvalue weighted by molar-refractivity contribution is 0.158. The third-order valence-corrected chi connectivity index (χ3v) is 3.11. The van der Waals surface area contributed by atoms with E-state index in [0.717, 1.165) is 6.42 Å². The summed E-state index contributed by atoms with van der Waals surface area (Å²) in [6.45, 7) is 4.49. The van der Waals surface area contributed by atoms with E-state index >= 15 is 0 Å². The van der Waals surface area contributed by atoms with Crippen LogP contribution in [0.5, 0.6) is 0 Å². The fourth-order valence-electron chi connectivity index (χ4n) is 2.47. The van der Waals surface area contributed by atoms with Gasteiger partial charge in [0.2, 0.25) is 0 Å². The third kappa shape index (κ3) is 2.84. The zero-order valence-corrected chi connectivity index (χ0v) is 8.92. The molecule has 1 heteroatoms. The molecule has 0 saturated heterocycles. The van der Waals surface area contributed by atoms with Crippen molar-refractivity contribution in [2.24, 2.45) is 5.41 Å². The molecule has 1 aliphatic carbocycles. The Labute approximate surface area is 81.9 Å². The molecule has 0 bridgehead atoms. The summed E-state index contributed by atoms with van der Waals surface area (Å²) in [5, 5.41) is 9.39. The standard InChI is InChI=1S/C12H22O/c1-3-7-12(8-4-2)9-5-11(13)6-10-12/h5,9,11,13H,3-4,6-8,10H2,1-2H3. The number of allylic oxidation sites excluding steroid dienone is 1. The van der Waals surface area contributed by atoms with Crippen molar-refractivity contribution < 1.29 is 5.11 Å². The Morgan fingerprint density at radius 2 is 1.92 bits per heavy atom. The van der Waals surface area contributed by atoms with Crippen molar-refractivity contribution in [1.29, 1.82) is 0 Å². The maximum atomic E-state index is 9.39. The molecule has 1 unspecified atom stereocenters. The van der Waals surface area contributed by atoms with Gasteiger partial charge in [-0.3, -0.25) is 0 Å². The van der Waals surface area contributed by atoms with Crippen LogP contribution in [-0.4, -0.2) is 11.2 Å². The third-order valence-electron chi connectivity index (χ3n) is 3.11. The second kappa shape index (κ2) is 4.80. The molecule has 0 aromatic heterocycles. The summed E-state index contributed by atoms with van der Waals surface area (Å²) >= 11 is 0. The van der Waals surface area contributed by atoms with Crippen LogP contribution in [0.4, 0.5) is 0 Å². The lowest BCUT2D eigenvalue weighted by Gasteiger charge is -2.34. The van der Waals surface area contributed by atoms with Crippen LogP contribution in [0.2, 0.25) is 0 Å². The molecule has 0 fully saturated rings. The van der Waals surface area contributed by atoms with Gasteiger partial charge in [0.15, 0.2) is 0 Å². The van der Waals surface area contributed by atoms with Crippen molar-refractivity contribution >= 4 is 0 Å². The molecule has 0 spiro atoms. The zero-order valence-electron chi connectivity index (χ0n) is 8.92. The molecule has 0 aromatic carbocycles. The Kier molecular flexibility index (Phi) is 3.98. The second-order valence-corrected chi connectivity index (χ2v) is 4.33. The second-order valence-electron chi connectivity index (χ2n) is 4.33. The summed E-state index contributed by atoms with van der Waals surface area (Å²) in [5.41, 5.74) is 0.419. The van der Waals surface area contributed by atoms with Crippen LogP contribution in [0.3, 0.4) is 0 Å². The van der Waals surface area contributed by atoms with E-state index in [1.54, 1.807) is 0 Å². The molecule has 0 aromatic rings. The van der Waals surface area contributed by atoms with Crippen LogP contribution in [-0.2, 0) is 0 Å². The van der Waals surface area contributed by atoms with E-state index in [-0.39, 0.29) is 6.10 Å². The summed E-state index contributed by atoms with van der Waals surface area (Å²) < 4.78 is 0. The van der Waals surface area contributed by atoms with Gasteiger partial charge in [-0.1, -0.05) is 38.8 Å². The first-order valence-electron chi connectivity index (χ1n) is 5.60. The molecule has 0 amide bonds. The van der Waals surface area contributed by atoms with E-state index in [0.29, 0.717) is 5.41 Å². The highest BCUT2D eigenvalue weighted by Gasteiger charge is 2.28. The Bertz CT molecular complexity index is 166. The number of aliphatic hydroxyl groups is 1. The van der Waals surface area contributed by atoms with E-state index in [2.05, 4.69) is 19.9 Å². The van der Waals surface area contributed by atoms with Gasteiger partial charge in [0.1, 0.15) is 0 Å². The Morgan fingerprint density at radius 3 is 2.31 bits per heavy atom.